The van der Waals surface area contributed by atoms with E-state index in [-0.39, 0.29) is 16.5 Å². The first-order chi connectivity index (χ1) is 18.0. The summed E-state index contributed by atoms with van der Waals surface area (Å²) in [6.07, 6.45) is 3.00. The number of ketones is 1. The molecule has 2 aromatic heterocycles. The number of Topliss-reactive ketones (excluding diaryl/α,β-unsaturated/α-hetero) is 1. The second kappa shape index (κ2) is 10.7. The molecule has 1 saturated heterocycles. The molecule has 5 rings (SSSR count). The van der Waals surface area contributed by atoms with E-state index in [0.29, 0.717) is 32.0 Å². The fourth-order valence-electron chi connectivity index (χ4n) is 3.88. The van der Waals surface area contributed by atoms with E-state index in [2.05, 4.69) is 15.2 Å². The van der Waals surface area contributed by atoms with Crippen LogP contribution in [0.15, 0.2) is 83.0 Å². The van der Waals surface area contributed by atoms with Crippen molar-refractivity contribution in [2.45, 2.75) is 16.1 Å². The summed E-state index contributed by atoms with van der Waals surface area (Å²) in [6, 6.07) is 16.7. The minimum Gasteiger partial charge on any atom is -0.507 e. The van der Waals surface area contributed by atoms with Crippen molar-refractivity contribution in [1.29, 1.82) is 0 Å². The molecule has 0 bridgehead atoms. The van der Waals surface area contributed by atoms with Crippen LogP contribution in [0.25, 0.3) is 5.76 Å². The van der Waals surface area contributed by atoms with Crippen molar-refractivity contribution in [1.82, 2.24) is 15.2 Å². The number of thioether (sulfide) groups is 1. The number of hydrogen-bond donors (Lipinski definition) is 1. The SMILES string of the molecule is COc1ccc(C2C(=C(O)c3ccncc3)C(=O)C(=O)N2c2nnc(SCc3ccc(Cl)cc3)s2)cc1. The highest BCUT2D eigenvalue weighted by molar-refractivity contribution is 8.00. The smallest absolute Gasteiger partial charge is 0.301 e. The number of carbonyl (C=O) groups excluding carboxylic acids is 2. The van der Waals surface area contributed by atoms with E-state index in [9.17, 15) is 14.7 Å². The second-order valence-electron chi connectivity index (χ2n) is 7.94. The number of anilines is 1. The van der Waals surface area contributed by atoms with Crippen LogP contribution in [0.2, 0.25) is 5.02 Å². The third-order valence-corrected chi connectivity index (χ3v) is 8.09. The van der Waals surface area contributed by atoms with E-state index >= 15 is 0 Å². The Hall–Kier alpha value is -3.73. The molecule has 2 aromatic carbocycles. The summed E-state index contributed by atoms with van der Waals surface area (Å²) in [5, 5.41) is 20.5. The summed E-state index contributed by atoms with van der Waals surface area (Å²) in [4.78, 5) is 31.8. The van der Waals surface area contributed by atoms with Crippen molar-refractivity contribution in [2.24, 2.45) is 0 Å². The lowest BCUT2D eigenvalue weighted by Gasteiger charge is -2.22. The van der Waals surface area contributed by atoms with Crippen molar-refractivity contribution < 1.29 is 19.4 Å². The maximum absolute atomic E-state index is 13.3. The van der Waals surface area contributed by atoms with E-state index in [1.54, 1.807) is 43.5 Å². The fourth-order valence-corrected chi connectivity index (χ4v) is 5.83. The molecule has 1 N–H and O–H groups in total. The number of aliphatic hydroxyl groups is 1. The Bertz CT molecular complexity index is 1470. The maximum Gasteiger partial charge on any atom is 0.301 e. The molecule has 8 nitrogen and oxygen atoms in total. The van der Waals surface area contributed by atoms with Crippen LogP contribution in [-0.2, 0) is 15.3 Å². The van der Waals surface area contributed by atoms with Crippen LogP contribution < -0.4 is 9.64 Å². The van der Waals surface area contributed by atoms with E-state index in [1.165, 1.54) is 40.4 Å². The molecular formula is C26H19ClN4O4S2. The van der Waals surface area contributed by atoms with Crippen LogP contribution >= 0.6 is 34.7 Å². The molecule has 186 valence electrons. The number of halogens is 1. The molecule has 0 saturated carbocycles. The Morgan fingerprint density at radius 3 is 2.43 bits per heavy atom. The van der Waals surface area contributed by atoms with E-state index in [1.807, 2.05) is 24.3 Å². The Morgan fingerprint density at radius 2 is 1.76 bits per heavy atom. The lowest BCUT2D eigenvalue weighted by Crippen LogP contribution is -2.29. The molecule has 1 fully saturated rings. The number of nitrogens with zero attached hydrogens (tertiary/aromatic N) is 4. The van der Waals surface area contributed by atoms with Crippen molar-refractivity contribution in [2.75, 3.05) is 12.0 Å². The number of aromatic nitrogens is 3. The van der Waals surface area contributed by atoms with Gasteiger partial charge in [0.25, 0.3) is 5.78 Å². The Labute approximate surface area is 225 Å². The molecule has 37 heavy (non-hydrogen) atoms. The van der Waals surface area contributed by atoms with Gasteiger partial charge in [0.1, 0.15) is 11.5 Å². The topological polar surface area (TPSA) is 106 Å². The minimum absolute atomic E-state index is 0.0352. The molecule has 0 spiro atoms. The second-order valence-corrected chi connectivity index (χ2v) is 10.6. The highest BCUT2D eigenvalue weighted by atomic mass is 35.5. The molecule has 0 aliphatic carbocycles. The number of carbonyl (C=O) groups is 2. The molecule has 4 aromatic rings. The molecule has 1 aliphatic heterocycles. The number of aliphatic hydroxyl groups excluding tert-OH is 1. The van der Waals surface area contributed by atoms with E-state index in [4.69, 9.17) is 16.3 Å². The van der Waals surface area contributed by atoms with Gasteiger partial charge in [-0.05, 0) is 47.5 Å². The van der Waals surface area contributed by atoms with Gasteiger partial charge in [0, 0.05) is 28.7 Å². The average molecular weight is 551 g/mol. The quantitative estimate of drug-likeness (QED) is 0.105. The zero-order valence-electron chi connectivity index (χ0n) is 19.4. The predicted octanol–water partition coefficient (Wildman–Crippen LogP) is 5.51. The maximum atomic E-state index is 13.3. The monoisotopic (exact) mass is 550 g/mol. The van der Waals surface area contributed by atoms with E-state index in [0.717, 1.165) is 5.56 Å². The molecule has 11 heteroatoms. The number of benzene rings is 2. The molecule has 1 aliphatic rings. The first kappa shape index (κ1) is 24.9. The normalized spacial score (nSPS) is 16.8. The van der Waals surface area contributed by atoms with Crippen LogP contribution in [0.4, 0.5) is 5.13 Å². The van der Waals surface area contributed by atoms with Gasteiger partial charge in [0.15, 0.2) is 4.34 Å². The molecular weight excluding hydrogens is 532 g/mol. The average Bonchev–Trinajstić information content (AvgIpc) is 3.50. The molecule has 1 amide bonds. The summed E-state index contributed by atoms with van der Waals surface area (Å²) in [7, 11) is 1.55. The fraction of sp³-hybridized carbons (Fsp3) is 0.115. The predicted molar refractivity (Wildman–Crippen MR) is 143 cm³/mol. The molecule has 1 atom stereocenters. The highest BCUT2D eigenvalue weighted by Crippen LogP contribution is 2.44. The Kier molecular flexibility index (Phi) is 7.22. The highest BCUT2D eigenvalue weighted by Gasteiger charge is 2.48. The van der Waals surface area contributed by atoms with Crippen LogP contribution in [0, 0.1) is 0 Å². The summed E-state index contributed by atoms with van der Waals surface area (Å²) >= 11 is 8.62. The first-order valence-corrected chi connectivity index (χ1v) is 13.2. The third kappa shape index (κ3) is 5.08. The van der Waals surface area contributed by atoms with Gasteiger partial charge in [0.2, 0.25) is 5.13 Å². The van der Waals surface area contributed by atoms with Gasteiger partial charge < -0.3 is 9.84 Å². The summed E-state index contributed by atoms with van der Waals surface area (Å²) in [5.74, 6) is -0.630. The summed E-state index contributed by atoms with van der Waals surface area (Å²) in [6.45, 7) is 0. The molecule has 3 heterocycles. The van der Waals surface area contributed by atoms with E-state index < -0.39 is 17.7 Å². The number of amides is 1. The largest absolute Gasteiger partial charge is 0.507 e. The zero-order chi connectivity index (χ0) is 25.9. The number of hydrogen-bond acceptors (Lipinski definition) is 9. The van der Waals surface area contributed by atoms with Crippen LogP contribution in [0.1, 0.15) is 22.7 Å². The van der Waals surface area contributed by atoms with Crippen LogP contribution in [0.5, 0.6) is 5.75 Å². The lowest BCUT2D eigenvalue weighted by molar-refractivity contribution is -0.132. The van der Waals surface area contributed by atoms with Crippen LogP contribution in [-0.4, -0.2) is 39.1 Å². The number of ether oxygens (including phenoxy) is 1. The molecule has 1 unspecified atom stereocenters. The summed E-state index contributed by atoms with van der Waals surface area (Å²) < 4.78 is 5.89. The molecule has 0 radical (unpaired) electrons. The zero-order valence-corrected chi connectivity index (χ0v) is 21.8. The van der Waals surface area contributed by atoms with Gasteiger partial charge in [-0.25, -0.2) is 0 Å². The van der Waals surface area contributed by atoms with Crippen molar-refractivity contribution >= 4 is 57.3 Å². The number of methoxy groups -OCH3 is 1. The van der Waals surface area contributed by atoms with Gasteiger partial charge in [-0.3, -0.25) is 19.5 Å². The van der Waals surface area contributed by atoms with Crippen molar-refractivity contribution in [3.8, 4) is 5.75 Å². The summed E-state index contributed by atoms with van der Waals surface area (Å²) in [5.41, 5.74) is 2.01. The van der Waals surface area contributed by atoms with Gasteiger partial charge in [-0.15, -0.1) is 10.2 Å². The van der Waals surface area contributed by atoms with Crippen LogP contribution in [0.3, 0.4) is 0 Å². The van der Waals surface area contributed by atoms with Gasteiger partial charge in [-0.2, -0.15) is 0 Å². The standard InChI is InChI=1S/C26H19ClN4O4S2/c1-35-19-8-4-16(5-9-19)21-20(22(32)17-10-12-28-13-11-17)23(33)24(34)31(21)25-29-30-26(37-25)36-14-15-2-6-18(27)7-3-15/h2-13,21,32H,14H2,1H3. The first-order valence-electron chi connectivity index (χ1n) is 11.0. The lowest BCUT2D eigenvalue weighted by atomic mass is 9.95. The minimum atomic E-state index is -0.902. The Morgan fingerprint density at radius 1 is 1.05 bits per heavy atom. The number of rotatable bonds is 7. The number of pyridine rings is 1. The van der Waals surface area contributed by atoms with Gasteiger partial charge in [-0.1, -0.05) is 59.0 Å². The van der Waals surface area contributed by atoms with Crippen molar-refractivity contribution in [3.63, 3.8) is 0 Å². The van der Waals surface area contributed by atoms with Gasteiger partial charge in [0.05, 0.1) is 18.7 Å². The van der Waals surface area contributed by atoms with Gasteiger partial charge >= 0.3 is 5.91 Å². The third-order valence-electron chi connectivity index (χ3n) is 5.71. The Balaban J connectivity index is 1.52. The van der Waals surface area contributed by atoms with Crippen molar-refractivity contribution in [3.05, 3.63) is 100 Å².